The minimum absolute atomic E-state index is 0.00160. The van der Waals surface area contributed by atoms with Crippen molar-refractivity contribution in [2.24, 2.45) is 0 Å². The Hall–Kier alpha value is -3.54. The number of anilines is 1. The van der Waals surface area contributed by atoms with Crippen LogP contribution in [0.4, 0.5) is 5.82 Å². The monoisotopic (exact) mass is 504 g/mol. The second-order valence-electron chi connectivity index (χ2n) is 9.89. The molecule has 4 aromatic heterocycles. The Morgan fingerprint density at radius 1 is 1.14 bits per heavy atom. The van der Waals surface area contributed by atoms with Gasteiger partial charge in [-0.25, -0.2) is 9.97 Å². The van der Waals surface area contributed by atoms with Crippen LogP contribution in [0, 0.1) is 0 Å². The van der Waals surface area contributed by atoms with Crippen molar-refractivity contribution in [2.45, 2.75) is 37.1 Å². The molecule has 0 radical (unpaired) electrons. The zero-order valence-corrected chi connectivity index (χ0v) is 21.5. The van der Waals surface area contributed by atoms with E-state index in [-0.39, 0.29) is 30.2 Å². The number of aromatic nitrogens is 5. The lowest BCUT2D eigenvalue weighted by molar-refractivity contribution is 0.00732. The maximum atomic E-state index is 13.2. The number of pyridine rings is 1. The van der Waals surface area contributed by atoms with E-state index in [0.29, 0.717) is 11.2 Å². The summed E-state index contributed by atoms with van der Waals surface area (Å²) in [6, 6.07) is 6.08. The summed E-state index contributed by atoms with van der Waals surface area (Å²) in [4.78, 5) is 25.2. The van der Waals surface area contributed by atoms with Gasteiger partial charge in [0, 0.05) is 63.8 Å². The molecule has 6 rings (SSSR count). The van der Waals surface area contributed by atoms with Crippen LogP contribution in [0.2, 0.25) is 0 Å². The summed E-state index contributed by atoms with van der Waals surface area (Å²) in [6.07, 6.45) is 7.45. The third kappa shape index (κ3) is 3.94. The molecule has 0 spiro atoms. The lowest BCUT2D eigenvalue weighted by Gasteiger charge is -2.35. The van der Waals surface area contributed by atoms with Crippen LogP contribution in [0.3, 0.4) is 0 Å². The summed E-state index contributed by atoms with van der Waals surface area (Å²) in [7, 11) is 7.37. The van der Waals surface area contributed by atoms with Gasteiger partial charge in [0.2, 0.25) is 0 Å². The smallest absolute Gasteiger partial charge is 0.257 e. The van der Waals surface area contributed by atoms with Crippen molar-refractivity contribution in [3.8, 4) is 11.3 Å². The molecule has 4 aromatic rings. The lowest BCUT2D eigenvalue weighted by Crippen LogP contribution is -2.51. The fraction of sp³-hybridized carbons (Fsp3) is 0.462. The number of fused-ring (bicyclic) bond motifs is 2. The van der Waals surface area contributed by atoms with Crippen LogP contribution in [0.15, 0.2) is 36.8 Å². The van der Waals surface area contributed by atoms with E-state index >= 15 is 0 Å². The molecule has 1 aliphatic carbocycles. The van der Waals surface area contributed by atoms with E-state index in [2.05, 4.69) is 44.5 Å². The first-order chi connectivity index (χ1) is 18.0. The Bertz CT molecular complexity index is 1460. The second-order valence-corrected chi connectivity index (χ2v) is 9.89. The van der Waals surface area contributed by atoms with Crippen LogP contribution in [0.5, 0.6) is 0 Å². The van der Waals surface area contributed by atoms with Gasteiger partial charge in [-0.3, -0.25) is 4.79 Å². The highest BCUT2D eigenvalue weighted by molar-refractivity contribution is 6.01. The summed E-state index contributed by atoms with van der Waals surface area (Å²) in [5.74, 6) is 0.534. The van der Waals surface area contributed by atoms with E-state index in [1.165, 1.54) is 0 Å². The number of hydrogen-bond acceptors (Lipinski definition) is 8. The number of nitrogens with zero attached hydrogens (tertiary/aromatic N) is 6. The Labute approximate surface area is 214 Å². The summed E-state index contributed by atoms with van der Waals surface area (Å²) >= 11 is 0. The van der Waals surface area contributed by atoms with Gasteiger partial charge in [-0.1, -0.05) is 0 Å². The molecule has 0 unspecified atom stereocenters. The highest BCUT2D eigenvalue weighted by Crippen LogP contribution is 2.35. The highest BCUT2D eigenvalue weighted by atomic mass is 16.5. The van der Waals surface area contributed by atoms with Crippen molar-refractivity contribution in [2.75, 3.05) is 46.7 Å². The number of nitrogens with one attached hydrogen (secondary N) is 2. The molecule has 1 saturated heterocycles. The molecule has 1 saturated carbocycles. The van der Waals surface area contributed by atoms with Crippen LogP contribution in [0.25, 0.3) is 27.9 Å². The van der Waals surface area contributed by atoms with Crippen LogP contribution >= 0.6 is 0 Å². The predicted molar refractivity (Wildman–Crippen MR) is 140 cm³/mol. The quantitative estimate of drug-likeness (QED) is 0.394. The van der Waals surface area contributed by atoms with Crippen molar-refractivity contribution < 1.29 is 14.3 Å². The van der Waals surface area contributed by atoms with Crippen LogP contribution in [-0.2, 0) is 9.47 Å². The van der Waals surface area contributed by atoms with Gasteiger partial charge in [-0.15, -0.1) is 0 Å². The molecule has 11 heteroatoms. The van der Waals surface area contributed by atoms with Crippen LogP contribution in [0.1, 0.15) is 29.2 Å². The first-order valence-corrected chi connectivity index (χ1v) is 12.6. The number of amides is 1. The molecule has 2 N–H and O–H groups in total. The standard InChI is InChI=1S/C26H32N8O3/c1-27-23-10-19(30-25-16(11-29-34(23)25)26(35)31-18-7-8-21(18)36-3)17-12-33(24-15(17)6-5-9-28-24)20-13-32(2)14-22(20)37-4/h5-6,9-12,18,20-22,27H,7-8,13-14H2,1-4H3,(H,31,35)/t18-,20+,21-,22+/m1/s1. The number of rotatable bonds is 7. The summed E-state index contributed by atoms with van der Waals surface area (Å²) in [6.45, 7) is 1.72. The summed E-state index contributed by atoms with van der Waals surface area (Å²) in [5.41, 5.74) is 3.49. The second kappa shape index (κ2) is 9.40. The third-order valence-corrected chi connectivity index (χ3v) is 7.75. The van der Waals surface area contributed by atoms with E-state index in [0.717, 1.165) is 54.0 Å². The number of ether oxygens (including phenoxy) is 2. The molecule has 194 valence electrons. The number of hydrogen-bond donors (Lipinski definition) is 2. The topological polar surface area (TPSA) is 111 Å². The molecule has 37 heavy (non-hydrogen) atoms. The van der Waals surface area contributed by atoms with Gasteiger partial charge in [-0.2, -0.15) is 9.61 Å². The van der Waals surface area contributed by atoms with Crippen LogP contribution in [-0.4, -0.2) is 94.6 Å². The minimum Gasteiger partial charge on any atom is -0.379 e. The zero-order valence-electron chi connectivity index (χ0n) is 21.5. The maximum Gasteiger partial charge on any atom is 0.257 e. The Morgan fingerprint density at radius 3 is 2.70 bits per heavy atom. The van der Waals surface area contributed by atoms with E-state index in [9.17, 15) is 4.79 Å². The normalized spacial score (nSPS) is 24.0. The number of methoxy groups -OCH3 is 2. The Balaban J connectivity index is 1.45. The first kappa shape index (κ1) is 23.8. The zero-order chi connectivity index (χ0) is 25.7. The van der Waals surface area contributed by atoms with Crippen molar-refractivity contribution in [1.82, 2.24) is 34.4 Å². The number of carbonyl (C=O) groups excluding carboxylic acids is 1. The third-order valence-electron chi connectivity index (χ3n) is 7.75. The van der Waals surface area contributed by atoms with Gasteiger partial charge in [0.1, 0.15) is 17.0 Å². The molecule has 2 aliphatic rings. The molecule has 11 nitrogen and oxygen atoms in total. The van der Waals surface area contributed by atoms with Gasteiger partial charge in [0.25, 0.3) is 5.91 Å². The molecule has 4 atom stereocenters. The number of carbonyl (C=O) groups is 1. The van der Waals surface area contributed by atoms with E-state index in [1.54, 1.807) is 24.9 Å². The average molecular weight is 505 g/mol. The van der Waals surface area contributed by atoms with Gasteiger partial charge in [0.05, 0.1) is 36.2 Å². The van der Waals surface area contributed by atoms with Gasteiger partial charge in [0.15, 0.2) is 5.65 Å². The van der Waals surface area contributed by atoms with E-state index in [4.69, 9.17) is 19.4 Å². The van der Waals surface area contributed by atoms with E-state index in [1.807, 2.05) is 25.4 Å². The van der Waals surface area contributed by atoms with Crippen molar-refractivity contribution in [1.29, 1.82) is 0 Å². The molecule has 2 fully saturated rings. The summed E-state index contributed by atoms with van der Waals surface area (Å²) in [5, 5.41) is 11.7. The molecule has 1 aliphatic heterocycles. The van der Waals surface area contributed by atoms with Crippen molar-refractivity contribution in [3.63, 3.8) is 0 Å². The van der Waals surface area contributed by atoms with Crippen molar-refractivity contribution >= 4 is 28.4 Å². The number of likely N-dealkylation sites (N-methyl/N-ethyl adjacent to an activating group) is 1. The molecular formula is C26H32N8O3. The van der Waals surface area contributed by atoms with E-state index < -0.39 is 0 Å². The lowest BCUT2D eigenvalue weighted by atomic mass is 9.89. The van der Waals surface area contributed by atoms with Gasteiger partial charge >= 0.3 is 0 Å². The van der Waals surface area contributed by atoms with Crippen LogP contribution < -0.4 is 10.6 Å². The molecule has 1 amide bonds. The average Bonchev–Trinajstić information content (AvgIpc) is 3.60. The first-order valence-electron chi connectivity index (χ1n) is 12.6. The van der Waals surface area contributed by atoms with Gasteiger partial charge < -0.3 is 29.6 Å². The minimum atomic E-state index is -0.200. The SMILES string of the molecule is CNc1cc(-c2cn([C@H]3CN(C)C[C@@H]3OC)c3ncccc23)nc2c(C(=O)N[C@@H]3CC[C@H]3OC)cnn12. The maximum absolute atomic E-state index is 13.2. The van der Waals surface area contributed by atoms with Gasteiger partial charge in [-0.05, 0) is 32.0 Å². The molecule has 0 bridgehead atoms. The fourth-order valence-corrected chi connectivity index (χ4v) is 5.58. The number of likely N-dealkylation sites (tertiary alicyclic amines) is 1. The molecular weight excluding hydrogens is 472 g/mol. The Morgan fingerprint density at radius 2 is 1.97 bits per heavy atom. The Kier molecular flexibility index (Phi) is 6.06. The summed E-state index contributed by atoms with van der Waals surface area (Å²) < 4.78 is 15.1. The highest BCUT2D eigenvalue weighted by Gasteiger charge is 2.35. The van der Waals surface area contributed by atoms with Crippen molar-refractivity contribution in [3.05, 3.63) is 42.4 Å². The molecule has 0 aromatic carbocycles. The largest absolute Gasteiger partial charge is 0.379 e. The predicted octanol–water partition coefficient (Wildman–Crippen LogP) is 2.20. The molecule has 5 heterocycles. The fourth-order valence-electron chi connectivity index (χ4n) is 5.58.